The van der Waals surface area contributed by atoms with Gasteiger partial charge >= 0.3 is 0 Å². The largest absolute Gasteiger partial charge is 0.349 e. The molecule has 2 fully saturated rings. The first kappa shape index (κ1) is 22.2. The zero-order chi connectivity index (χ0) is 24.1. The van der Waals surface area contributed by atoms with Crippen molar-refractivity contribution >= 4 is 45.5 Å². The molecule has 0 spiro atoms. The Labute approximate surface area is 212 Å². The molecule has 2 aromatic heterocycles. The molecule has 1 aliphatic heterocycles. The first-order chi connectivity index (χ1) is 17.0. The van der Waals surface area contributed by atoms with Crippen LogP contribution in [0.1, 0.15) is 38.8 Å². The first-order valence-electron chi connectivity index (χ1n) is 11.7. The van der Waals surface area contributed by atoms with Gasteiger partial charge in [-0.15, -0.1) is 11.3 Å². The summed E-state index contributed by atoms with van der Waals surface area (Å²) < 4.78 is 0. The number of aryl methyl sites for hydroxylation is 1. The molecule has 0 bridgehead atoms. The normalized spacial score (nSPS) is 20.6. The van der Waals surface area contributed by atoms with E-state index in [2.05, 4.69) is 15.3 Å². The third kappa shape index (κ3) is 4.09. The fourth-order valence-corrected chi connectivity index (χ4v) is 6.27. The lowest BCUT2D eigenvalue weighted by Gasteiger charge is -2.27. The molecular formula is C27H23ClN4O2S. The Bertz CT molecular complexity index is 1460. The first-order valence-corrected chi connectivity index (χ1v) is 12.9. The minimum atomic E-state index is -0.223. The highest BCUT2D eigenvalue weighted by Gasteiger charge is 2.54. The molecule has 6 nitrogen and oxygen atoms in total. The van der Waals surface area contributed by atoms with E-state index < -0.39 is 0 Å². The Morgan fingerprint density at radius 2 is 1.97 bits per heavy atom. The van der Waals surface area contributed by atoms with Crippen LogP contribution in [-0.4, -0.2) is 45.3 Å². The molecule has 1 saturated carbocycles. The molecule has 1 aliphatic carbocycles. The highest BCUT2D eigenvalue weighted by molar-refractivity contribution is 7.15. The standard InChI is InChI=1S/C27H23ClN4O2S/c1-15-31-24(25(35-15)17-6-4-7-19(28)11-17)27(34)32-20(12-18-13-22(18)32)14-30-26(33)23-21-8-3-2-5-16(21)9-10-29-23/h2-11,18,20,22H,12-14H2,1H3,(H,30,33)/t18-,20+,22+/m1/s1. The van der Waals surface area contributed by atoms with Crippen molar-refractivity contribution in [3.63, 3.8) is 0 Å². The molecule has 2 aliphatic rings. The van der Waals surface area contributed by atoms with Crippen LogP contribution in [0.4, 0.5) is 0 Å². The second-order valence-corrected chi connectivity index (χ2v) is 10.8. The van der Waals surface area contributed by atoms with Gasteiger partial charge in [-0.3, -0.25) is 14.6 Å². The number of rotatable bonds is 5. The number of carbonyl (C=O) groups is 2. The van der Waals surface area contributed by atoms with Gasteiger partial charge in [0.15, 0.2) is 0 Å². The molecule has 1 N–H and O–H groups in total. The predicted octanol–water partition coefficient (Wildman–Crippen LogP) is 5.35. The van der Waals surface area contributed by atoms with Crippen molar-refractivity contribution in [2.45, 2.75) is 31.8 Å². The fraction of sp³-hybridized carbons (Fsp3) is 0.259. The lowest BCUT2D eigenvalue weighted by Crippen LogP contribution is -2.45. The number of thiazole rings is 1. The highest BCUT2D eigenvalue weighted by Crippen LogP contribution is 2.49. The van der Waals surface area contributed by atoms with E-state index in [4.69, 9.17) is 11.6 Å². The summed E-state index contributed by atoms with van der Waals surface area (Å²) in [6, 6.07) is 17.3. The maximum Gasteiger partial charge on any atom is 0.274 e. The van der Waals surface area contributed by atoms with Gasteiger partial charge in [0.2, 0.25) is 0 Å². The summed E-state index contributed by atoms with van der Waals surface area (Å²) in [6.07, 6.45) is 3.55. The van der Waals surface area contributed by atoms with E-state index in [0.29, 0.717) is 28.9 Å². The van der Waals surface area contributed by atoms with Crippen molar-refractivity contribution < 1.29 is 9.59 Å². The number of hydrogen-bond donors (Lipinski definition) is 1. The van der Waals surface area contributed by atoms with Gasteiger partial charge in [0.1, 0.15) is 11.4 Å². The maximum atomic E-state index is 13.8. The van der Waals surface area contributed by atoms with Gasteiger partial charge in [0.05, 0.1) is 15.9 Å². The van der Waals surface area contributed by atoms with Crippen LogP contribution in [0.5, 0.6) is 0 Å². The molecule has 4 aromatic rings. The van der Waals surface area contributed by atoms with Gasteiger partial charge in [-0.2, -0.15) is 0 Å². The van der Waals surface area contributed by atoms with Gasteiger partial charge in [-0.25, -0.2) is 4.98 Å². The summed E-state index contributed by atoms with van der Waals surface area (Å²) in [5, 5.41) is 6.29. The topological polar surface area (TPSA) is 75.2 Å². The molecule has 1 saturated heterocycles. The maximum absolute atomic E-state index is 13.8. The Balaban J connectivity index is 1.23. The van der Waals surface area contributed by atoms with Crippen LogP contribution in [0.3, 0.4) is 0 Å². The molecule has 6 rings (SSSR count). The van der Waals surface area contributed by atoms with Crippen LogP contribution < -0.4 is 5.32 Å². The third-order valence-corrected chi connectivity index (χ3v) is 8.11. The average Bonchev–Trinajstić information content (AvgIpc) is 3.35. The van der Waals surface area contributed by atoms with E-state index in [0.717, 1.165) is 39.1 Å². The number of nitrogens with zero attached hydrogens (tertiary/aromatic N) is 3. The number of benzene rings is 2. The third-order valence-electron chi connectivity index (χ3n) is 6.86. The van der Waals surface area contributed by atoms with E-state index >= 15 is 0 Å². The molecule has 3 heterocycles. The molecular weight excluding hydrogens is 480 g/mol. The minimum Gasteiger partial charge on any atom is -0.349 e. The van der Waals surface area contributed by atoms with Crippen molar-refractivity contribution in [2.75, 3.05) is 6.54 Å². The molecule has 35 heavy (non-hydrogen) atoms. The minimum absolute atomic E-state index is 0.0700. The van der Waals surface area contributed by atoms with Crippen LogP contribution in [0.25, 0.3) is 21.2 Å². The van der Waals surface area contributed by atoms with E-state index in [9.17, 15) is 9.59 Å². The molecule has 8 heteroatoms. The second-order valence-electron chi connectivity index (χ2n) is 9.18. The number of halogens is 1. The molecule has 2 amide bonds. The van der Waals surface area contributed by atoms with Crippen LogP contribution in [-0.2, 0) is 0 Å². The van der Waals surface area contributed by atoms with E-state index in [-0.39, 0.29) is 23.9 Å². The van der Waals surface area contributed by atoms with Gasteiger partial charge in [-0.1, -0.05) is 48.0 Å². The van der Waals surface area contributed by atoms with Gasteiger partial charge in [-0.05, 0) is 54.8 Å². The number of carbonyl (C=O) groups excluding carboxylic acids is 2. The molecule has 0 unspecified atom stereocenters. The number of likely N-dealkylation sites (tertiary alicyclic amines) is 1. The SMILES string of the molecule is Cc1nc(C(=O)N2[C@H](CNC(=O)c3nccc4ccccc34)C[C@@H]3C[C@@H]32)c(-c2cccc(Cl)c2)s1. The number of amides is 2. The summed E-state index contributed by atoms with van der Waals surface area (Å²) in [4.78, 5) is 38.5. The van der Waals surface area contributed by atoms with Crippen molar-refractivity contribution in [2.24, 2.45) is 5.92 Å². The zero-order valence-corrected chi connectivity index (χ0v) is 20.6. The Morgan fingerprint density at radius 3 is 2.83 bits per heavy atom. The van der Waals surface area contributed by atoms with E-state index in [1.54, 1.807) is 6.20 Å². The predicted molar refractivity (Wildman–Crippen MR) is 138 cm³/mol. The Morgan fingerprint density at radius 1 is 1.11 bits per heavy atom. The number of hydrogen-bond acceptors (Lipinski definition) is 5. The van der Waals surface area contributed by atoms with Crippen LogP contribution in [0, 0.1) is 12.8 Å². The van der Waals surface area contributed by atoms with Crippen molar-refractivity contribution in [1.82, 2.24) is 20.2 Å². The summed E-state index contributed by atoms with van der Waals surface area (Å²) in [5.41, 5.74) is 1.77. The number of piperidine rings is 1. The summed E-state index contributed by atoms with van der Waals surface area (Å²) >= 11 is 7.72. The van der Waals surface area contributed by atoms with Crippen molar-refractivity contribution in [3.8, 4) is 10.4 Å². The Hall–Kier alpha value is -3.29. The summed E-state index contributed by atoms with van der Waals surface area (Å²) in [6.45, 7) is 2.30. The highest BCUT2D eigenvalue weighted by atomic mass is 35.5. The van der Waals surface area contributed by atoms with E-state index in [1.807, 2.05) is 66.4 Å². The lowest BCUT2D eigenvalue weighted by molar-refractivity contribution is 0.0684. The molecule has 176 valence electrons. The van der Waals surface area contributed by atoms with Crippen LogP contribution in [0.15, 0.2) is 60.8 Å². The monoisotopic (exact) mass is 502 g/mol. The molecule has 3 atom stereocenters. The quantitative estimate of drug-likeness (QED) is 0.399. The number of aromatic nitrogens is 2. The number of fused-ring (bicyclic) bond motifs is 2. The fourth-order valence-electron chi connectivity index (χ4n) is 5.17. The summed E-state index contributed by atoms with van der Waals surface area (Å²) in [7, 11) is 0. The molecule has 2 aromatic carbocycles. The zero-order valence-electron chi connectivity index (χ0n) is 19.1. The molecule has 0 radical (unpaired) electrons. The van der Waals surface area contributed by atoms with Crippen LogP contribution in [0.2, 0.25) is 5.02 Å². The van der Waals surface area contributed by atoms with E-state index in [1.165, 1.54) is 11.3 Å². The lowest BCUT2D eigenvalue weighted by atomic mass is 10.1. The number of nitrogens with one attached hydrogen (secondary N) is 1. The van der Waals surface area contributed by atoms with Gasteiger partial charge < -0.3 is 10.2 Å². The van der Waals surface area contributed by atoms with Crippen molar-refractivity contribution in [3.05, 3.63) is 82.2 Å². The summed E-state index contributed by atoms with van der Waals surface area (Å²) in [5.74, 6) is 0.196. The van der Waals surface area contributed by atoms with Gasteiger partial charge in [0, 0.05) is 29.2 Å². The van der Waals surface area contributed by atoms with Crippen molar-refractivity contribution in [1.29, 1.82) is 0 Å². The van der Waals surface area contributed by atoms with Gasteiger partial charge in [0.25, 0.3) is 11.8 Å². The second kappa shape index (κ2) is 8.73. The smallest absolute Gasteiger partial charge is 0.274 e. The Kier molecular flexibility index (Phi) is 5.54. The van der Waals surface area contributed by atoms with Crippen LogP contribution >= 0.6 is 22.9 Å². The number of pyridine rings is 1. The average molecular weight is 503 g/mol.